The van der Waals surface area contributed by atoms with E-state index in [0.717, 1.165) is 31.7 Å². The summed E-state index contributed by atoms with van der Waals surface area (Å²) in [5, 5.41) is 8.75. The van der Waals surface area contributed by atoms with E-state index in [0.29, 0.717) is 0 Å². The first kappa shape index (κ1) is 13.7. The second kappa shape index (κ2) is 5.84. The van der Waals surface area contributed by atoms with Crippen LogP contribution >= 0.6 is 12.4 Å². The molecule has 0 atom stereocenters. The van der Waals surface area contributed by atoms with E-state index in [-0.39, 0.29) is 24.0 Å². The molecule has 0 bridgehead atoms. The van der Waals surface area contributed by atoms with Crippen LogP contribution < -0.4 is 10.6 Å². The van der Waals surface area contributed by atoms with Gasteiger partial charge < -0.3 is 15.7 Å². The molecule has 0 spiro atoms. The maximum Gasteiger partial charge on any atom is 0.337 e. The summed E-state index contributed by atoms with van der Waals surface area (Å²) in [5.41, 5.74) is 6.03. The van der Waals surface area contributed by atoms with Gasteiger partial charge >= 0.3 is 5.97 Å². The van der Waals surface area contributed by atoms with Crippen LogP contribution in [0.3, 0.4) is 0 Å². The SMILES string of the molecule is Cl.NC1CCN(c2ccc(C(=O)O)cn2)CC1. The first-order chi connectivity index (χ1) is 7.66. The van der Waals surface area contributed by atoms with Crippen molar-refractivity contribution in [3.05, 3.63) is 23.9 Å². The Morgan fingerprint density at radius 3 is 2.53 bits per heavy atom. The molecule has 0 radical (unpaired) electrons. The fourth-order valence-electron chi connectivity index (χ4n) is 1.83. The van der Waals surface area contributed by atoms with Crippen LogP contribution in [0.25, 0.3) is 0 Å². The third-order valence-corrected chi connectivity index (χ3v) is 2.86. The van der Waals surface area contributed by atoms with Crippen LogP contribution in [0, 0.1) is 0 Å². The highest BCUT2D eigenvalue weighted by atomic mass is 35.5. The van der Waals surface area contributed by atoms with Gasteiger partial charge in [-0.15, -0.1) is 12.4 Å². The average Bonchev–Trinajstić information content (AvgIpc) is 2.30. The fourth-order valence-corrected chi connectivity index (χ4v) is 1.83. The summed E-state index contributed by atoms with van der Waals surface area (Å²) in [5.74, 6) is -0.114. The number of hydrogen-bond donors (Lipinski definition) is 2. The molecule has 0 aliphatic carbocycles. The minimum absolute atomic E-state index is 0. The van der Waals surface area contributed by atoms with Gasteiger partial charge in [-0.2, -0.15) is 0 Å². The number of pyridine rings is 1. The summed E-state index contributed by atoms with van der Waals surface area (Å²) in [6.45, 7) is 1.78. The lowest BCUT2D eigenvalue weighted by atomic mass is 10.1. The van der Waals surface area contributed by atoms with Crippen molar-refractivity contribution in [2.75, 3.05) is 18.0 Å². The second-order valence-corrected chi connectivity index (χ2v) is 4.03. The van der Waals surface area contributed by atoms with Crippen LogP contribution in [-0.4, -0.2) is 35.2 Å². The average molecular weight is 258 g/mol. The van der Waals surface area contributed by atoms with Crippen molar-refractivity contribution in [2.45, 2.75) is 18.9 Å². The summed E-state index contributed by atoms with van der Waals surface area (Å²) in [6, 6.07) is 3.62. The predicted octanol–water partition coefficient (Wildman–Crippen LogP) is 1.13. The lowest BCUT2D eigenvalue weighted by molar-refractivity contribution is 0.0696. The molecule has 5 nitrogen and oxygen atoms in total. The maximum atomic E-state index is 10.7. The van der Waals surface area contributed by atoms with Crippen LogP contribution in [0.15, 0.2) is 18.3 Å². The van der Waals surface area contributed by atoms with Gasteiger partial charge in [0.05, 0.1) is 5.56 Å². The van der Waals surface area contributed by atoms with E-state index in [2.05, 4.69) is 9.88 Å². The molecule has 1 aromatic rings. The maximum absolute atomic E-state index is 10.7. The molecule has 0 unspecified atom stereocenters. The molecule has 0 amide bonds. The number of aromatic carboxylic acids is 1. The number of nitrogens with two attached hydrogens (primary N) is 1. The highest BCUT2D eigenvalue weighted by Gasteiger charge is 2.17. The Labute approximate surface area is 106 Å². The number of carboxylic acids is 1. The van der Waals surface area contributed by atoms with Crippen LogP contribution in [-0.2, 0) is 0 Å². The van der Waals surface area contributed by atoms with Crippen molar-refractivity contribution < 1.29 is 9.90 Å². The third-order valence-electron chi connectivity index (χ3n) is 2.86. The van der Waals surface area contributed by atoms with E-state index in [4.69, 9.17) is 10.8 Å². The summed E-state index contributed by atoms with van der Waals surface area (Å²) in [4.78, 5) is 16.9. The Kier molecular flexibility index (Phi) is 4.72. The number of nitrogens with zero attached hydrogens (tertiary/aromatic N) is 2. The van der Waals surface area contributed by atoms with Gasteiger partial charge in [0.2, 0.25) is 0 Å². The molecule has 0 aromatic carbocycles. The highest BCUT2D eigenvalue weighted by molar-refractivity contribution is 5.87. The Bertz CT molecular complexity index is 375. The molecular weight excluding hydrogens is 242 g/mol. The number of carboxylic acid groups (broad SMARTS) is 1. The van der Waals surface area contributed by atoms with Crippen molar-refractivity contribution >= 4 is 24.2 Å². The van der Waals surface area contributed by atoms with Crippen LogP contribution in [0.5, 0.6) is 0 Å². The van der Waals surface area contributed by atoms with E-state index in [1.807, 2.05) is 0 Å². The molecule has 6 heteroatoms. The zero-order valence-corrected chi connectivity index (χ0v) is 10.2. The fraction of sp³-hybridized carbons (Fsp3) is 0.455. The van der Waals surface area contributed by atoms with E-state index < -0.39 is 5.97 Å². The molecular formula is C11H16ClN3O2. The number of anilines is 1. The summed E-state index contributed by atoms with van der Waals surface area (Å²) < 4.78 is 0. The van der Waals surface area contributed by atoms with Gasteiger partial charge in [0.15, 0.2) is 0 Å². The summed E-state index contributed by atoms with van der Waals surface area (Å²) in [7, 11) is 0. The van der Waals surface area contributed by atoms with Crippen LogP contribution in [0.2, 0.25) is 0 Å². The summed E-state index contributed by atoms with van der Waals surface area (Å²) >= 11 is 0. The Balaban J connectivity index is 0.00000144. The molecule has 17 heavy (non-hydrogen) atoms. The number of carbonyl (C=O) groups is 1. The lowest BCUT2D eigenvalue weighted by Crippen LogP contribution is -2.40. The minimum atomic E-state index is -0.945. The van der Waals surface area contributed by atoms with Gasteiger partial charge in [-0.1, -0.05) is 0 Å². The van der Waals surface area contributed by atoms with Crippen LogP contribution in [0.1, 0.15) is 23.2 Å². The number of hydrogen-bond acceptors (Lipinski definition) is 4. The number of rotatable bonds is 2. The quantitative estimate of drug-likeness (QED) is 0.830. The summed E-state index contributed by atoms with van der Waals surface area (Å²) in [6.07, 6.45) is 3.32. The number of halogens is 1. The molecule has 1 aromatic heterocycles. The molecule has 3 N–H and O–H groups in total. The first-order valence-electron chi connectivity index (χ1n) is 5.36. The van der Waals surface area contributed by atoms with Crippen molar-refractivity contribution in [2.24, 2.45) is 5.73 Å². The number of aromatic nitrogens is 1. The van der Waals surface area contributed by atoms with Crippen molar-refractivity contribution in [1.82, 2.24) is 4.98 Å². The second-order valence-electron chi connectivity index (χ2n) is 4.03. The molecule has 1 fully saturated rings. The lowest BCUT2D eigenvalue weighted by Gasteiger charge is -2.30. The standard InChI is InChI=1S/C11H15N3O2.ClH/c12-9-3-5-14(6-4-9)10-2-1-8(7-13-10)11(15)16;/h1-2,7,9H,3-6,12H2,(H,15,16);1H. The van der Waals surface area contributed by atoms with Gasteiger partial charge in [0.1, 0.15) is 5.82 Å². The van der Waals surface area contributed by atoms with Gasteiger partial charge in [0.25, 0.3) is 0 Å². The predicted molar refractivity (Wildman–Crippen MR) is 67.9 cm³/mol. The van der Waals surface area contributed by atoms with Crippen molar-refractivity contribution in [3.63, 3.8) is 0 Å². The molecule has 2 rings (SSSR count). The molecule has 2 heterocycles. The van der Waals surface area contributed by atoms with Crippen LogP contribution in [0.4, 0.5) is 5.82 Å². The Hall–Kier alpha value is -1.33. The molecule has 1 aliphatic rings. The largest absolute Gasteiger partial charge is 0.478 e. The normalized spacial score (nSPS) is 16.4. The molecule has 1 aliphatic heterocycles. The van der Waals surface area contributed by atoms with E-state index in [1.54, 1.807) is 12.1 Å². The van der Waals surface area contributed by atoms with Gasteiger partial charge in [0, 0.05) is 25.3 Å². The van der Waals surface area contributed by atoms with E-state index >= 15 is 0 Å². The Morgan fingerprint density at radius 1 is 1.41 bits per heavy atom. The topological polar surface area (TPSA) is 79.5 Å². The van der Waals surface area contributed by atoms with Gasteiger partial charge in [-0.25, -0.2) is 9.78 Å². The third kappa shape index (κ3) is 3.31. The molecule has 94 valence electrons. The first-order valence-corrected chi connectivity index (χ1v) is 5.36. The molecule has 1 saturated heterocycles. The smallest absolute Gasteiger partial charge is 0.337 e. The van der Waals surface area contributed by atoms with Gasteiger partial charge in [-0.05, 0) is 25.0 Å². The number of piperidine rings is 1. The monoisotopic (exact) mass is 257 g/mol. The zero-order valence-electron chi connectivity index (χ0n) is 9.37. The zero-order chi connectivity index (χ0) is 11.5. The van der Waals surface area contributed by atoms with E-state index in [1.165, 1.54) is 6.20 Å². The van der Waals surface area contributed by atoms with E-state index in [9.17, 15) is 4.79 Å². The van der Waals surface area contributed by atoms with Crippen molar-refractivity contribution in [1.29, 1.82) is 0 Å². The highest BCUT2D eigenvalue weighted by Crippen LogP contribution is 2.17. The van der Waals surface area contributed by atoms with Gasteiger partial charge in [-0.3, -0.25) is 0 Å². The molecule has 0 saturated carbocycles. The van der Waals surface area contributed by atoms with Crippen molar-refractivity contribution in [3.8, 4) is 0 Å². The minimum Gasteiger partial charge on any atom is -0.478 e. The Morgan fingerprint density at radius 2 is 2.06 bits per heavy atom.